The lowest BCUT2D eigenvalue weighted by atomic mass is 10.0. The second-order valence-corrected chi connectivity index (χ2v) is 3.65. The molecule has 90 valence electrons. The van der Waals surface area contributed by atoms with Crippen molar-refractivity contribution in [1.82, 2.24) is 0 Å². The second-order valence-electron chi connectivity index (χ2n) is 3.65. The first-order valence-electron chi connectivity index (χ1n) is 4.33. The molecule has 0 saturated carbocycles. The third kappa shape index (κ3) is 24.8. The summed E-state index contributed by atoms with van der Waals surface area (Å²) in [5, 5.41) is 48.7. The molecule has 15 heavy (non-hydrogen) atoms. The van der Waals surface area contributed by atoms with Gasteiger partial charge in [0.15, 0.2) is 0 Å². The zero-order chi connectivity index (χ0) is 12.6. The fourth-order valence-electron chi connectivity index (χ4n) is 0.832. The summed E-state index contributed by atoms with van der Waals surface area (Å²) in [7, 11) is -4.25. The van der Waals surface area contributed by atoms with Crippen molar-refractivity contribution in [2.24, 2.45) is 0 Å². The SMILES string of the molecule is CC(O)CC(C)(C)O.OB(O)OB(O)O. The van der Waals surface area contributed by atoms with Gasteiger partial charge in [-0.1, -0.05) is 0 Å². The van der Waals surface area contributed by atoms with E-state index in [1.807, 2.05) is 0 Å². The van der Waals surface area contributed by atoms with Crippen LogP contribution in [0.2, 0.25) is 0 Å². The number of hydrogen-bond acceptors (Lipinski definition) is 7. The predicted molar refractivity (Wildman–Crippen MR) is 54.1 cm³/mol. The van der Waals surface area contributed by atoms with Crippen LogP contribution in [0.25, 0.3) is 0 Å². The molecular formula is C6H18B2O7. The molecule has 0 saturated heterocycles. The average molecular weight is 224 g/mol. The maximum Gasteiger partial charge on any atom is 0.621 e. The monoisotopic (exact) mass is 224 g/mol. The molecule has 0 aromatic carbocycles. The van der Waals surface area contributed by atoms with E-state index < -0.39 is 26.3 Å². The van der Waals surface area contributed by atoms with Crippen LogP contribution < -0.4 is 0 Å². The molecule has 1 atom stereocenters. The zero-order valence-corrected chi connectivity index (χ0v) is 9.03. The van der Waals surface area contributed by atoms with Gasteiger partial charge in [-0.2, -0.15) is 0 Å². The Bertz CT molecular complexity index is 139. The normalized spacial score (nSPS) is 12.6. The first-order chi connectivity index (χ1) is 6.54. The van der Waals surface area contributed by atoms with Crippen LogP contribution in [0, 0.1) is 0 Å². The fraction of sp³-hybridized carbons (Fsp3) is 1.00. The van der Waals surface area contributed by atoms with E-state index in [1.165, 1.54) is 0 Å². The number of aliphatic hydroxyl groups is 2. The molecule has 0 radical (unpaired) electrons. The summed E-state index contributed by atoms with van der Waals surface area (Å²) in [6.45, 7) is 5.03. The molecule has 0 aliphatic rings. The van der Waals surface area contributed by atoms with Gasteiger partial charge in [0.25, 0.3) is 0 Å². The smallest absolute Gasteiger partial charge is 0.402 e. The molecule has 0 bridgehead atoms. The largest absolute Gasteiger partial charge is 0.621 e. The van der Waals surface area contributed by atoms with Crippen LogP contribution in [0.15, 0.2) is 0 Å². The van der Waals surface area contributed by atoms with Crippen molar-refractivity contribution in [1.29, 1.82) is 0 Å². The van der Waals surface area contributed by atoms with Crippen molar-refractivity contribution in [2.45, 2.75) is 38.9 Å². The van der Waals surface area contributed by atoms with Gasteiger partial charge in [-0.3, -0.25) is 0 Å². The molecule has 0 heterocycles. The Morgan fingerprint density at radius 3 is 1.47 bits per heavy atom. The minimum atomic E-state index is -2.13. The predicted octanol–water partition coefficient (Wildman–Crippen LogP) is -2.53. The average Bonchev–Trinajstić information content (AvgIpc) is 1.76. The van der Waals surface area contributed by atoms with Crippen molar-refractivity contribution >= 4 is 14.6 Å². The lowest BCUT2D eigenvalue weighted by Gasteiger charge is -2.17. The topological polar surface area (TPSA) is 131 Å². The highest BCUT2D eigenvalue weighted by atomic mass is 16.7. The van der Waals surface area contributed by atoms with Crippen LogP contribution in [0.1, 0.15) is 27.2 Å². The molecule has 0 amide bonds. The van der Waals surface area contributed by atoms with Crippen LogP contribution in [-0.2, 0) is 4.57 Å². The molecule has 0 spiro atoms. The summed E-state index contributed by atoms with van der Waals surface area (Å²) in [6, 6.07) is 0. The van der Waals surface area contributed by atoms with Gasteiger partial charge in [0.1, 0.15) is 0 Å². The molecular weight excluding hydrogens is 206 g/mol. The second kappa shape index (κ2) is 8.05. The Morgan fingerprint density at radius 1 is 1.13 bits per heavy atom. The van der Waals surface area contributed by atoms with Crippen LogP contribution in [0.5, 0.6) is 0 Å². The molecule has 0 aromatic rings. The molecule has 0 aromatic heterocycles. The Morgan fingerprint density at radius 2 is 1.47 bits per heavy atom. The van der Waals surface area contributed by atoms with E-state index >= 15 is 0 Å². The molecule has 7 nitrogen and oxygen atoms in total. The van der Waals surface area contributed by atoms with Crippen molar-refractivity contribution in [3.63, 3.8) is 0 Å². The molecule has 9 heteroatoms. The van der Waals surface area contributed by atoms with E-state index in [-0.39, 0.29) is 0 Å². The number of aliphatic hydroxyl groups excluding tert-OH is 1. The van der Waals surface area contributed by atoms with Crippen LogP contribution in [0.4, 0.5) is 0 Å². The van der Waals surface area contributed by atoms with Gasteiger partial charge in [-0.15, -0.1) is 0 Å². The zero-order valence-electron chi connectivity index (χ0n) is 9.03. The van der Waals surface area contributed by atoms with Gasteiger partial charge >= 0.3 is 14.6 Å². The molecule has 0 aliphatic carbocycles. The van der Waals surface area contributed by atoms with Gasteiger partial charge in [-0.25, -0.2) is 0 Å². The molecule has 6 N–H and O–H groups in total. The summed E-state index contributed by atoms with van der Waals surface area (Å²) in [5.74, 6) is 0. The maximum absolute atomic E-state index is 9.03. The highest BCUT2D eigenvalue weighted by molar-refractivity contribution is 6.48. The molecule has 0 aliphatic heterocycles. The summed E-state index contributed by atoms with van der Waals surface area (Å²) in [6.07, 6.45) is 0.0301. The molecule has 0 rings (SSSR count). The first kappa shape index (κ1) is 17.3. The van der Waals surface area contributed by atoms with E-state index in [2.05, 4.69) is 4.57 Å². The van der Waals surface area contributed by atoms with E-state index in [1.54, 1.807) is 20.8 Å². The highest BCUT2D eigenvalue weighted by Crippen LogP contribution is 2.09. The van der Waals surface area contributed by atoms with E-state index in [4.69, 9.17) is 30.3 Å². The van der Waals surface area contributed by atoms with Gasteiger partial charge in [0.2, 0.25) is 0 Å². The van der Waals surface area contributed by atoms with Gasteiger partial charge in [0, 0.05) is 6.42 Å². The van der Waals surface area contributed by atoms with E-state index in [9.17, 15) is 0 Å². The Hall–Kier alpha value is -0.150. The van der Waals surface area contributed by atoms with Crippen LogP contribution in [-0.4, -0.2) is 56.7 Å². The number of hydrogen-bond donors (Lipinski definition) is 6. The molecule has 0 fully saturated rings. The third-order valence-electron chi connectivity index (χ3n) is 1.04. The van der Waals surface area contributed by atoms with Gasteiger partial charge < -0.3 is 34.9 Å². The van der Waals surface area contributed by atoms with Crippen molar-refractivity contribution in [2.75, 3.05) is 0 Å². The van der Waals surface area contributed by atoms with Gasteiger partial charge in [-0.05, 0) is 20.8 Å². The first-order valence-corrected chi connectivity index (χ1v) is 4.33. The van der Waals surface area contributed by atoms with Crippen LogP contribution >= 0.6 is 0 Å². The van der Waals surface area contributed by atoms with E-state index in [0.29, 0.717) is 6.42 Å². The maximum atomic E-state index is 9.03. The summed E-state index contributed by atoms with van der Waals surface area (Å²) >= 11 is 0. The summed E-state index contributed by atoms with van der Waals surface area (Å²) < 4.78 is 3.47. The minimum absolute atomic E-state index is 0.407. The quantitative estimate of drug-likeness (QED) is 0.290. The van der Waals surface area contributed by atoms with Crippen molar-refractivity contribution in [3.8, 4) is 0 Å². The molecule has 1 unspecified atom stereocenters. The summed E-state index contributed by atoms with van der Waals surface area (Å²) in [5.41, 5.74) is -0.728. The Kier molecular flexibility index (Phi) is 9.26. The lowest BCUT2D eigenvalue weighted by molar-refractivity contribution is 0.0248. The lowest BCUT2D eigenvalue weighted by Crippen LogP contribution is -2.28. The number of rotatable bonds is 4. The van der Waals surface area contributed by atoms with Crippen LogP contribution in [0.3, 0.4) is 0 Å². The Balaban J connectivity index is 0. The Labute approximate surface area is 89.3 Å². The summed E-state index contributed by atoms with van der Waals surface area (Å²) in [4.78, 5) is 0. The third-order valence-corrected chi connectivity index (χ3v) is 1.04. The fourth-order valence-corrected chi connectivity index (χ4v) is 0.832. The minimum Gasteiger partial charge on any atom is -0.402 e. The highest BCUT2D eigenvalue weighted by Gasteiger charge is 2.18. The van der Waals surface area contributed by atoms with Gasteiger partial charge in [0.05, 0.1) is 11.7 Å². The van der Waals surface area contributed by atoms with Crippen molar-refractivity contribution < 1.29 is 34.9 Å². The van der Waals surface area contributed by atoms with Crippen molar-refractivity contribution in [3.05, 3.63) is 0 Å². The standard InChI is InChI=1S/C6H14O2.B2H4O5/c1-5(7)4-6(2,3)8;3-1(4)7-2(5)6/h5,7-8H,4H2,1-3H3;3-6H. The van der Waals surface area contributed by atoms with E-state index in [0.717, 1.165) is 0 Å².